The molecule has 1 unspecified atom stereocenters. The van der Waals surface area contributed by atoms with Crippen LogP contribution in [0, 0.1) is 0 Å². The van der Waals surface area contributed by atoms with Gasteiger partial charge in [0.15, 0.2) is 0 Å². The van der Waals surface area contributed by atoms with Crippen molar-refractivity contribution in [2.75, 3.05) is 12.4 Å². The molecule has 1 aromatic rings. The summed E-state index contributed by atoms with van der Waals surface area (Å²) < 4.78 is 5.47. The Morgan fingerprint density at radius 2 is 2.16 bits per heavy atom. The van der Waals surface area contributed by atoms with Crippen molar-refractivity contribution in [2.24, 2.45) is 5.73 Å². The number of hydrogen-bond donors (Lipinski definition) is 2. The van der Waals surface area contributed by atoms with E-state index in [1.807, 2.05) is 31.2 Å². The molecule has 2 rings (SSSR count). The third-order valence-corrected chi connectivity index (χ3v) is 3.91. The minimum absolute atomic E-state index is 0.00495. The molecule has 0 radical (unpaired) electrons. The maximum Gasteiger partial charge on any atom is 0.227 e. The van der Waals surface area contributed by atoms with E-state index >= 15 is 0 Å². The highest BCUT2D eigenvalue weighted by atomic mass is 16.5. The van der Waals surface area contributed by atoms with Crippen molar-refractivity contribution in [1.82, 2.24) is 0 Å². The van der Waals surface area contributed by atoms with Gasteiger partial charge in [0.05, 0.1) is 12.0 Å². The van der Waals surface area contributed by atoms with Gasteiger partial charge < -0.3 is 15.8 Å². The Labute approximate surface area is 114 Å². The van der Waals surface area contributed by atoms with E-state index in [0.29, 0.717) is 6.42 Å². The van der Waals surface area contributed by atoms with Gasteiger partial charge >= 0.3 is 0 Å². The summed E-state index contributed by atoms with van der Waals surface area (Å²) in [6, 6.07) is 7.55. The topological polar surface area (TPSA) is 64.3 Å². The molecule has 104 valence electrons. The Bertz CT molecular complexity index is 448. The van der Waals surface area contributed by atoms with Gasteiger partial charge in [-0.1, -0.05) is 18.2 Å². The Morgan fingerprint density at radius 3 is 2.68 bits per heavy atom. The summed E-state index contributed by atoms with van der Waals surface area (Å²) in [6.45, 7) is 1.91. The van der Waals surface area contributed by atoms with Crippen molar-refractivity contribution in [3.05, 3.63) is 29.8 Å². The zero-order valence-electron chi connectivity index (χ0n) is 11.6. The molecule has 0 heterocycles. The van der Waals surface area contributed by atoms with Crippen molar-refractivity contribution in [3.8, 4) is 0 Å². The molecular weight excluding hydrogens is 240 g/mol. The van der Waals surface area contributed by atoms with Gasteiger partial charge in [-0.15, -0.1) is 0 Å². The fourth-order valence-electron chi connectivity index (χ4n) is 2.52. The van der Waals surface area contributed by atoms with Crippen molar-refractivity contribution in [3.63, 3.8) is 0 Å². The molecule has 1 fully saturated rings. The number of ether oxygens (including phenoxy) is 1. The second kappa shape index (κ2) is 5.72. The van der Waals surface area contributed by atoms with Crippen LogP contribution in [0.4, 0.5) is 5.69 Å². The number of hydrogen-bond acceptors (Lipinski definition) is 3. The average Bonchev–Trinajstić information content (AvgIpc) is 2.34. The van der Waals surface area contributed by atoms with Crippen LogP contribution in [0.5, 0.6) is 0 Å². The molecule has 0 spiro atoms. The summed E-state index contributed by atoms with van der Waals surface area (Å²) in [5.74, 6) is -0.00495. The van der Waals surface area contributed by atoms with E-state index in [4.69, 9.17) is 10.5 Å². The Hall–Kier alpha value is -1.39. The highest BCUT2D eigenvalue weighted by Gasteiger charge is 2.39. The number of para-hydroxylation sites is 1. The number of benzene rings is 1. The lowest BCUT2D eigenvalue weighted by atomic mass is 9.77. The smallest absolute Gasteiger partial charge is 0.227 e. The van der Waals surface area contributed by atoms with E-state index in [1.54, 1.807) is 7.11 Å². The van der Waals surface area contributed by atoms with Gasteiger partial charge in [0, 0.05) is 18.8 Å². The van der Waals surface area contributed by atoms with Crippen LogP contribution < -0.4 is 11.1 Å². The highest BCUT2D eigenvalue weighted by molar-refractivity contribution is 5.92. The molecule has 1 aliphatic carbocycles. The van der Waals surface area contributed by atoms with Crippen molar-refractivity contribution >= 4 is 11.6 Å². The van der Waals surface area contributed by atoms with Crippen LogP contribution in [0.1, 0.15) is 44.2 Å². The summed E-state index contributed by atoms with van der Waals surface area (Å²) in [5.41, 5.74) is 7.42. The number of nitrogens with two attached hydrogens (primary N) is 1. The van der Waals surface area contributed by atoms with Gasteiger partial charge in [0.2, 0.25) is 5.91 Å². The predicted molar refractivity (Wildman–Crippen MR) is 75.9 cm³/mol. The quantitative estimate of drug-likeness (QED) is 0.857. The maximum atomic E-state index is 12.1. The molecule has 0 saturated heterocycles. The average molecular weight is 262 g/mol. The van der Waals surface area contributed by atoms with E-state index in [1.165, 1.54) is 0 Å². The fourth-order valence-corrected chi connectivity index (χ4v) is 2.52. The van der Waals surface area contributed by atoms with Crippen LogP contribution in [-0.4, -0.2) is 18.6 Å². The lowest BCUT2D eigenvalue weighted by molar-refractivity contribution is -0.129. The molecule has 0 aromatic heterocycles. The minimum atomic E-state index is -0.243. The zero-order valence-corrected chi connectivity index (χ0v) is 11.6. The van der Waals surface area contributed by atoms with Crippen LogP contribution in [0.2, 0.25) is 0 Å². The van der Waals surface area contributed by atoms with Crippen LogP contribution in [0.25, 0.3) is 0 Å². The minimum Gasteiger partial charge on any atom is -0.378 e. The summed E-state index contributed by atoms with van der Waals surface area (Å²) >= 11 is 0. The van der Waals surface area contributed by atoms with E-state index in [0.717, 1.165) is 30.5 Å². The van der Waals surface area contributed by atoms with Crippen LogP contribution >= 0.6 is 0 Å². The van der Waals surface area contributed by atoms with Gasteiger partial charge in [-0.25, -0.2) is 0 Å². The fraction of sp³-hybridized carbons (Fsp3) is 0.533. The van der Waals surface area contributed by atoms with Gasteiger partial charge in [0.1, 0.15) is 0 Å². The molecule has 19 heavy (non-hydrogen) atoms. The Kier molecular flexibility index (Phi) is 4.22. The largest absolute Gasteiger partial charge is 0.378 e. The monoisotopic (exact) mass is 262 g/mol. The molecule has 0 aliphatic heterocycles. The second-order valence-electron chi connectivity index (χ2n) is 5.34. The molecule has 0 bridgehead atoms. The highest BCUT2D eigenvalue weighted by Crippen LogP contribution is 2.38. The van der Waals surface area contributed by atoms with E-state index < -0.39 is 0 Å². The Morgan fingerprint density at radius 1 is 1.47 bits per heavy atom. The van der Waals surface area contributed by atoms with Gasteiger partial charge in [-0.2, -0.15) is 0 Å². The second-order valence-corrected chi connectivity index (χ2v) is 5.34. The number of carbonyl (C=O) groups excluding carboxylic acids is 1. The molecule has 3 N–H and O–H groups in total. The lowest BCUT2D eigenvalue weighted by Gasteiger charge is -2.39. The number of amides is 1. The first-order valence-electron chi connectivity index (χ1n) is 6.76. The molecule has 4 heteroatoms. The standard InChI is InChI=1S/C15H22N2O2/c1-11(16)12-6-3-4-7-13(12)17-14(18)10-15(19-2)8-5-9-15/h3-4,6-7,11H,5,8-10,16H2,1-2H3,(H,17,18). The molecule has 1 aromatic carbocycles. The van der Waals surface area contributed by atoms with Gasteiger partial charge in [-0.3, -0.25) is 4.79 Å². The number of anilines is 1. The summed E-state index contributed by atoms with van der Waals surface area (Å²) in [7, 11) is 1.68. The SMILES string of the molecule is COC1(CC(=O)Nc2ccccc2C(C)N)CCC1. The van der Waals surface area contributed by atoms with Gasteiger partial charge in [0.25, 0.3) is 0 Å². The number of nitrogens with one attached hydrogen (secondary N) is 1. The number of methoxy groups -OCH3 is 1. The molecule has 4 nitrogen and oxygen atoms in total. The lowest BCUT2D eigenvalue weighted by Crippen LogP contribution is -2.42. The van der Waals surface area contributed by atoms with Crippen LogP contribution in [-0.2, 0) is 9.53 Å². The van der Waals surface area contributed by atoms with Crippen LogP contribution in [0.15, 0.2) is 24.3 Å². The summed E-state index contributed by atoms with van der Waals surface area (Å²) in [6.07, 6.45) is 3.48. The molecule has 1 aliphatic rings. The van der Waals surface area contributed by atoms with Crippen molar-refractivity contribution in [1.29, 1.82) is 0 Å². The first-order chi connectivity index (χ1) is 9.06. The first kappa shape index (κ1) is 14.0. The zero-order chi connectivity index (χ0) is 13.9. The maximum absolute atomic E-state index is 12.1. The normalized spacial score (nSPS) is 18.5. The van der Waals surface area contributed by atoms with Crippen molar-refractivity contribution in [2.45, 2.75) is 44.2 Å². The van der Waals surface area contributed by atoms with Crippen LogP contribution in [0.3, 0.4) is 0 Å². The van der Waals surface area contributed by atoms with Gasteiger partial charge in [-0.05, 0) is 37.8 Å². The first-order valence-corrected chi connectivity index (χ1v) is 6.76. The third kappa shape index (κ3) is 3.14. The van der Waals surface area contributed by atoms with E-state index in [9.17, 15) is 4.79 Å². The number of rotatable bonds is 5. The predicted octanol–water partition coefficient (Wildman–Crippen LogP) is 2.60. The summed E-state index contributed by atoms with van der Waals surface area (Å²) in [4.78, 5) is 12.1. The Balaban J connectivity index is 2.03. The van der Waals surface area contributed by atoms with Crippen molar-refractivity contribution < 1.29 is 9.53 Å². The van der Waals surface area contributed by atoms with E-state index in [-0.39, 0.29) is 17.6 Å². The van der Waals surface area contributed by atoms with E-state index in [2.05, 4.69) is 5.32 Å². The third-order valence-electron chi connectivity index (χ3n) is 3.91. The molecule has 1 saturated carbocycles. The molecular formula is C15H22N2O2. The summed E-state index contributed by atoms with van der Waals surface area (Å²) in [5, 5.41) is 2.95. The molecule has 1 atom stereocenters. The molecule has 1 amide bonds. The number of carbonyl (C=O) groups is 1.